The van der Waals surface area contributed by atoms with Gasteiger partial charge in [0, 0.05) is 16.8 Å². The van der Waals surface area contributed by atoms with Crippen molar-refractivity contribution in [2.75, 3.05) is 13.1 Å². The van der Waals surface area contributed by atoms with Crippen molar-refractivity contribution in [3.05, 3.63) is 34.7 Å². The van der Waals surface area contributed by atoms with E-state index in [-0.39, 0.29) is 22.2 Å². The lowest BCUT2D eigenvalue weighted by molar-refractivity contribution is -0.136. The van der Waals surface area contributed by atoms with Crippen molar-refractivity contribution in [3.63, 3.8) is 0 Å². The molecule has 2 aliphatic heterocycles. The Morgan fingerprint density at radius 1 is 1.32 bits per heavy atom. The van der Waals surface area contributed by atoms with Crippen LogP contribution in [0.25, 0.3) is 10.1 Å². The van der Waals surface area contributed by atoms with E-state index in [1.54, 1.807) is 12.1 Å². The summed E-state index contributed by atoms with van der Waals surface area (Å²) in [5.74, 6) is 0.242. The van der Waals surface area contributed by atoms with Crippen LogP contribution in [0.4, 0.5) is 13.2 Å². The Morgan fingerprint density at radius 2 is 2.12 bits per heavy atom. The zero-order valence-corrected chi connectivity index (χ0v) is 14.2. The minimum atomic E-state index is -4.41. The lowest BCUT2D eigenvalue weighted by Crippen LogP contribution is -2.51. The second-order valence-corrected chi connectivity index (χ2v) is 8.43. The highest BCUT2D eigenvalue weighted by atomic mass is 32.1. The number of nitrogens with zero attached hydrogens (tertiary/aromatic N) is 1. The Morgan fingerprint density at radius 3 is 2.84 bits per heavy atom. The van der Waals surface area contributed by atoms with Crippen LogP contribution in [0.15, 0.2) is 24.3 Å². The van der Waals surface area contributed by atoms with Crippen molar-refractivity contribution in [2.24, 2.45) is 5.92 Å². The summed E-state index contributed by atoms with van der Waals surface area (Å²) in [6.45, 7) is 2.14. The highest BCUT2D eigenvalue weighted by molar-refractivity contribution is 7.21. The third-order valence-corrected chi connectivity index (χ3v) is 7.21. The van der Waals surface area contributed by atoms with Crippen LogP contribution in [-0.4, -0.2) is 35.5 Å². The number of halogens is 3. The van der Waals surface area contributed by atoms with Gasteiger partial charge in [0.15, 0.2) is 0 Å². The fourth-order valence-electron chi connectivity index (χ4n) is 4.72. The van der Waals surface area contributed by atoms with Crippen LogP contribution in [0.3, 0.4) is 0 Å². The van der Waals surface area contributed by atoms with E-state index in [9.17, 15) is 18.0 Å². The summed E-state index contributed by atoms with van der Waals surface area (Å²) in [6.07, 6.45) is -1.09. The average Bonchev–Trinajstić information content (AvgIpc) is 2.96. The predicted molar refractivity (Wildman–Crippen MR) is 89.7 cm³/mol. The maximum absolute atomic E-state index is 13.2. The standard InChI is InChI=1S/C18H17F3N2OS/c19-18(20,21)12-3-1-2-10-8-13(25-14(10)12)16(24)22-15-11-4-7-23(9-11)17(15)5-6-17/h1-3,8,11,15H,4-7,9H2,(H,22,24). The van der Waals surface area contributed by atoms with Crippen LogP contribution in [0.2, 0.25) is 0 Å². The number of benzene rings is 1. The van der Waals surface area contributed by atoms with E-state index in [1.165, 1.54) is 6.07 Å². The van der Waals surface area contributed by atoms with E-state index in [1.807, 2.05) is 0 Å². The molecule has 2 bridgehead atoms. The summed E-state index contributed by atoms with van der Waals surface area (Å²) in [7, 11) is 0. The molecule has 1 spiro atoms. The number of hydrogen-bond donors (Lipinski definition) is 1. The Labute approximate surface area is 146 Å². The van der Waals surface area contributed by atoms with Gasteiger partial charge in [-0.15, -0.1) is 11.3 Å². The molecule has 5 rings (SSSR count). The van der Waals surface area contributed by atoms with E-state index in [0.29, 0.717) is 16.2 Å². The molecule has 3 nitrogen and oxygen atoms in total. The minimum absolute atomic E-state index is 0.131. The Hall–Kier alpha value is -1.60. The molecule has 2 aromatic rings. The second-order valence-electron chi connectivity index (χ2n) is 7.38. The lowest BCUT2D eigenvalue weighted by Gasteiger charge is -2.33. The first-order chi connectivity index (χ1) is 11.9. The van der Waals surface area contributed by atoms with Gasteiger partial charge in [0.1, 0.15) is 0 Å². The number of carbonyl (C=O) groups excluding carboxylic acids is 1. The van der Waals surface area contributed by atoms with E-state index in [0.717, 1.165) is 49.8 Å². The van der Waals surface area contributed by atoms with Gasteiger partial charge in [-0.25, -0.2) is 0 Å². The van der Waals surface area contributed by atoms with Crippen molar-refractivity contribution in [1.29, 1.82) is 0 Å². The summed E-state index contributed by atoms with van der Waals surface area (Å²) in [4.78, 5) is 15.6. The van der Waals surface area contributed by atoms with E-state index in [4.69, 9.17) is 0 Å². The first-order valence-corrected chi connectivity index (χ1v) is 9.36. The van der Waals surface area contributed by atoms with Gasteiger partial charge in [-0.05, 0) is 49.2 Å². The Kier molecular flexibility index (Phi) is 3.11. The molecule has 7 heteroatoms. The van der Waals surface area contributed by atoms with Crippen molar-refractivity contribution in [1.82, 2.24) is 10.2 Å². The van der Waals surface area contributed by atoms with Gasteiger partial charge in [-0.1, -0.05) is 12.1 Å². The minimum Gasteiger partial charge on any atom is -0.346 e. The number of alkyl halides is 3. The number of thiophene rings is 1. The average molecular weight is 366 g/mol. The lowest BCUT2D eigenvalue weighted by atomic mass is 9.92. The van der Waals surface area contributed by atoms with E-state index in [2.05, 4.69) is 10.2 Å². The smallest absolute Gasteiger partial charge is 0.346 e. The molecule has 1 aromatic heterocycles. The fourth-order valence-corrected chi connectivity index (χ4v) is 5.81. The monoisotopic (exact) mass is 366 g/mol. The van der Waals surface area contributed by atoms with E-state index < -0.39 is 11.7 Å². The molecule has 2 saturated heterocycles. The molecule has 3 atom stereocenters. The summed E-state index contributed by atoms with van der Waals surface area (Å²) < 4.78 is 39.6. The molecular formula is C18H17F3N2OS. The number of piperidine rings is 1. The van der Waals surface area contributed by atoms with Crippen LogP contribution in [0, 0.1) is 5.92 Å². The molecular weight excluding hydrogens is 349 g/mol. The summed E-state index contributed by atoms with van der Waals surface area (Å²) in [5, 5.41) is 3.62. The second kappa shape index (κ2) is 4.98. The summed E-state index contributed by atoms with van der Waals surface area (Å²) in [6, 6.07) is 5.81. The number of fused-ring (bicyclic) bond motifs is 4. The van der Waals surface area contributed by atoms with Gasteiger partial charge in [0.25, 0.3) is 5.91 Å². The maximum Gasteiger partial charge on any atom is 0.417 e. The normalized spacial score (nSPS) is 29.5. The molecule has 1 saturated carbocycles. The molecule has 1 N–H and O–H groups in total. The van der Waals surface area contributed by atoms with Crippen LogP contribution in [0.5, 0.6) is 0 Å². The van der Waals surface area contributed by atoms with Gasteiger partial charge in [-0.3, -0.25) is 9.69 Å². The molecule has 3 aliphatic rings. The fraction of sp³-hybridized carbons (Fsp3) is 0.500. The third-order valence-electron chi connectivity index (χ3n) is 6.03. The first kappa shape index (κ1) is 15.6. The van der Waals surface area contributed by atoms with Gasteiger partial charge < -0.3 is 5.32 Å². The van der Waals surface area contributed by atoms with Crippen molar-refractivity contribution in [3.8, 4) is 0 Å². The van der Waals surface area contributed by atoms with Crippen LogP contribution >= 0.6 is 11.3 Å². The summed E-state index contributed by atoms with van der Waals surface area (Å²) in [5.41, 5.74) is -0.536. The highest BCUT2D eigenvalue weighted by Crippen LogP contribution is 2.55. The molecule has 25 heavy (non-hydrogen) atoms. The molecule has 3 heterocycles. The molecule has 1 aliphatic carbocycles. The number of amides is 1. The molecule has 1 aromatic carbocycles. The van der Waals surface area contributed by atoms with Gasteiger partial charge in [0.2, 0.25) is 0 Å². The largest absolute Gasteiger partial charge is 0.417 e. The van der Waals surface area contributed by atoms with Gasteiger partial charge in [-0.2, -0.15) is 13.2 Å². The highest BCUT2D eigenvalue weighted by Gasteiger charge is 2.63. The zero-order valence-electron chi connectivity index (χ0n) is 13.4. The van der Waals surface area contributed by atoms with Crippen LogP contribution < -0.4 is 5.32 Å². The topological polar surface area (TPSA) is 32.3 Å². The van der Waals surface area contributed by atoms with Crippen molar-refractivity contribution < 1.29 is 18.0 Å². The summed E-state index contributed by atoms with van der Waals surface area (Å²) >= 11 is 0.937. The third kappa shape index (κ3) is 2.25. The first-order valence-electron chi connectivity index (χ1n) is 8.54. The SMILES string of the molecule is O=C(NC1C2CCN(C2)C12CC2)c1cc2cccc(C(F)(F)F)c2s1. The maximum atomic E-state index is 13.2. The van der Waals surface area contributed by atoms with Crippen molar-refractivity contribution >= 4 is 27.3 Å². The Balaban J connectivity index is 1.45. The predicted octanol–water partition coefficient (Wildman–Crippen LogP) is 3.89. The van der Waals surface area contributed by atoms with Crippen LogP contribution in [0.1, 0.15) is 34.5 Å². The Bertz CT molecular complexity index is 871. The number of rotatable bonds is 2. The van der Waals surface area contributed by atoms with Gasteiger partial charge >= 0.3 is 6.18 Å². The molecule has 132 valence electrons. The van der Waals surface area contributed by atoms with Crippen molar-refractivity contribution in [2.45, 2.75) is 37.0 Å². The number of hydrogen-bond acceptors (Lipinski definition) is 3. The number of carbonyl (C=O) groups is 1. The molecule has 3 unspecified atom stereocenters. The van der Waals surface area contributed by atoms with Gasteiger partial charge in [0.05, 0.1) is 16.5 Å². The quantitative estimate of drug-likeness (QED) is 0.875. The zero-order chi connectivity index (χ0) is 17.4. The van der Waals surface area contributed by atoms with E-state index >= 15 is 0 Å². The molecule has 3 fully saturated rings. The number of nitrogens with one attached hydrogen (secondary N) is 1. The molecule has 0 radical (unpaired) electrons. The molecule has 1 amide bonds. The van der Waals surface area contributed by atoms with Crippen LogP contribution in [-0.2, 0) is 6.18 Å².